The first-order valence-corrected chi connectivity index (χ1v) is 5.97. The van der Waals surface area contributed by atoms with Crippen LogP contribution in [0.5, 0.6) is 5.75 Å². The topological polar surface area (TPSA) is 66.8 Å². The van der Waals surface area contributed by atoms with E-state index < -0.39 is 30.2 Å². The summed E-state index contributed by atoms with van der Waals surface area (Å²) in [7, 11) is 0. The molecule has 21 heavy (non-hydrogen) atoms. The van der Waals surface area contributed by atoms with Gasteiger partial charge in [0, 0.05) is 6.04 Å². The molecule has 1 rings (SSSR count). The lowest BCUT2D eigenvalue weighted by atomic mass is 10.0. The second-order valence-corrected chi connectivity index (χ2v) is 4.51. The van der Waals surface area contributed by atoms with Gasteiger partial charge in [0.05, 0.1) is 0 Å². The van der Waals surface area contributed by atoms with E-state index in [1.54, 1.807) is 13.8 Å². The van der Waals surface area contributed by atoms with Crippen molar-refractivity contribution in [2.24, 2.45) is 0 Å². The molecule has 1 aromatic carbocycles. The van der Waals surface area contributed by atoms with E-state index in [1.165, 1.54) is 12.1 Å². The van der Waals surface area contributed by atoms with Gasteiger partial charge in [0.25, 0.3) is 0 Å². The molecule has 1 aromatic rings. The second kappa shape index (κ2) is 6.47. The highest BCUT2D eigenvalue weighted by molar-refractivity contribution is 5.78. The molecule has 0 saturated carbocycles. The highest BCUT2D eigenvalue weighted by Gasteiger charge is 2.32. The number of benzene rings is 1. The first-order chi connectivity index (χ1) is 9.65. The van der Waals surface area contributed by atoms with Crippen LogP contribution < -0.4 is 4.74 Å². The van der Waals surface area contributed by atoms with Crippen molar-refractivity contribution in [2.75, 3.05) is 0 Å². The third kappa shape index (κ3) is 4.66. The van der Waals surface area contributed by atoms with Crippen LogP contribution in [0.1, 0.15) is 25.5 Å². The van der Waals surface area contributed by atoms with Gasteiger partial charge >= 0.3 is 12.3 Å². The van der Waals surface area contributed by atoms with Gasteiger partial charge in [-0.1, -0.05) is 12.1 Å². The van der Waals surface area contributed by atoms with Gasteiger partial charge in [-0.05, 0) is 31.5 Å². The molecule has 0 aromatic heterocycles. The zero-order valence-electron chi connectivity index (χ0n) is 11.3. The number of ether oxygens (including phenoxy) is 1. The highest BCUT2D eigenvalue weighted by Crippen LogP contribution is 2.28. The zero-order valence-corrected chi connectivity index (χ0v) is 11.3. The Morgan fingerprint density at radius 3 is 2.43 bits per heavy atom. The fourth-order valence-corrected chi connectivity index (χ4v) is 1.80. The summed E-state index contributed by atoms with van der Waals surface area (Å²) in [6, 6.07) is 2.73. The minimum absolute atomic E-state index is 0.0186. The van der Waals surface area contributed by atoms with Crippen LogP contribution in [0, 0.1) is 0 Å². The molecule has 0 bridgehead atoms. The minimum atomic E-state index is -4.88. The molecule has 0 aliphatic carbocycles. The van der Waals surface area contributed by atoms with E-state index in [0.29, 0.717) is 6.41 Å². The number of alkyl halides is 3. The Bertz CT molecular complexity index is 516. The molecule has 0 saturated heterocycles. The average Bonchev–Trinajstić information content (AvgIpc) is 2.32. The van der Waals surface area contributed by atoms with Gasteiger partial charge in [-0.15, -0.1) is 13.2 Å². The zero-order chi connectivity index (χ0) is 16.2. The number of nitrogens with zero attached hydrogens (tertiary/aromatic N) is 1. The monoisotopic (exact) mass is 305 g/mol. The summed E-state index contributed by atoms with van der Waals surface area (Å²) in [6.45, 7) is 3.20. The van der Waals surface area contributed by atoms with E-state index in [1.807, 2.05) is 0 Å². The SMILES string of the molecule is CC(C)N(C=O)C(C(=O)O)c1cccc(OC(F)(F)F)c1. The summed E-state index contributed by atoms with van der Waals surface area (Å²) in [5, 5.41) is 9.24. The molecule has 0 aliphatic rings. The molecule has 116 valence electrons. The number of amides is 1. The third-order valence-corrected chi connectivity index (χ3v) is 2.66. The number of halogens is 3. The molecule has 0 heterocycles. The van der Waals surface area contributed by atoms with Crippen LogP contribution >= 0.6 is 0 Å². The van der Waals surface area contributed by atoms with E-state index in [4.69, 9.17) is 0 Å². The van der Waals surface area contributed by atoms with Crippen molar-refractivity contribution in [2.45, 2.75) is 32.3 Å². The third-order valence-electron chi connectivity index (χ3n) is 2.66. The summed E-state index contributed by atoms with van der Waals surface area (Å²) in [4.78, 5) is 23.4. The Morgan fingerprint density at radius 2 is 2.00 bits per heavy atom. The summed E-state index contributed by atoms with van der Waals surface area (Å²) in [6.07, 6.45) is -4.53. The van der Waals surface area contributed by atoms with Crippen molar-refractivity contribution < 1.29 is 32.6 Å². The first-order valence-electron chi connectivity index (χ1n) is 5.97. The largest absolute Gasteiger partial charge is 0.573 e. The molecule has 5 nitrogen and oxygen atoms in total. The van der Waals surface area contributed by atoms with Crippen LogP contribution in [0.25, 0.3) is 0 Å². The molecule has 1 N–H and O–H groups in total. The smallest absolute Gasteiger partial charge is 0.479 e. The lowest BCUT2D eigenvalue weighted by molar-refractivity contribution is -0.274. The number of hydrogen-bond acceptors (Lipinski definition) is 3. The average molecular weight is 305 g/mol. The van der Waals surface area contributed by atoms with Crippen molar-refractivity contribution in [3.63, 3.8) is 0 Å². The number of carbonyl (C=O) groups excluding carboxylic acids is 1. The fourth-order valence-electron chi connectivity index (χ4n) is 1.80. The Hall–Kier alpha value is -2.25. The lowest BCUT2D eigenvalue weighted by Gasteiger charge is -2.29. The van der Waals surface area contributed by atoms with Crippen LogP contribution in [-0.2, 0) is 9.59 Å². The molecule has 8 heteroatoms. The van der Waals surface area contributed by atoms with Crippen molar-refractivity contribution in [1.29, 1.82) is 0 Å². The molecule has 0 spiro atoms. The van der Waals surface area contributed by atoms with Gasteiger partial charge in [-0.2, -0.15) is 0 Å². The van der Waals surface area contributed by atoms with Crippen LogP contribution in [0.3, 0.4) is 0 Å². The lowest BCUT2D eigenvalue weighted by Crippen LogP contribution is -2.38. The molecule has 0 fully saturated rings. The number of aliphatic carboxylic acids is 1. The van der Waals surface area contributed by atoms with Gasteiger partial charge in [0.1, 0.15) is 5.75 Å². The van der Waals surface area contributed by atoms with Crippen molar-refractivity contribution >= 4 is 12.4 Å². The Morgan fingerprint density at radius 1 is 1.38 bits per heavy atom. The van der Waals surface area contributed by atoms with Gasteiger partial charge < -0.3 is 14.7 Å². The number of carboxylic acid groups (broad SMARTS) is 1. The van der Waals surface area contributed by atoms with Crippen molar-refractivity contribution in [1.82, 2.24) is 4.90 Å². The maximum Gasteiger partial charge on any atom is 0.573 e. The summed E-state index contributed by atoms with van der Waals surface area (Å²) in [5.41, 5.74) is 0.0186. The van der Waals surface area contributed by atoms with Crippen LogP contribution in [0.2, 0.25) is 0 Å². The number of hydrogen-bond donors (Lipinski definition) is 1. The maximum absolute atomic E-state index is 12.2. The van der Waals surface area contributed by atoms with Crippen LogP contribution in [-0.4, -0.2) is 34.8 Å². The highest BCUT2D eigenvalue weighted by atomic mass is 19.4. The summed E-state index contributed by atoms with van der Waals surface area (Å²) < 4.78 is 40.3. The van der Waals surface area contributed by atoms with Crippen molar-refractivity contribution in [3.05, 3.63) is 29.8 Å². The quantitative estimate of drug-likeness (QED) is 0.820. The van der Waals surface area contributed by atoms with Gasteiger partial charge in [0.2, 0.25) is 6.41 Å². The molecular formula is C13H14F3NO4. The molecule has 1 amide bonds. The van der Waals surface area contributed by atoms with Gasteiger partial charge in [-0.3, -0.25) is 4.79 Å². The van der Waals surface area contributed by atoms with Crippen molar-refractivity contribution in [3.8, 4) is 5.75 Å². The van der Waals surface area contributed by atoms with Gasteiger partial charge in [-0.25, -0.2) is 4.79 Å². The van der Waals surface area contributed by atoms with E-state index >= 15 is 0 Å². The first kappa shape index (κ1) is 16.8. The predicted molar refractivity (Wildman–Crippen MR) is 66.5 cm³/mol. The Labute approximate surface area is 118 Å². The molecule has 0 radical (unpaired) electrons. The molecule has 0 aliphatic heterocycles. The Kier molecular flexibility index (Phi) is 5.17. The molecule has 1 unspecified atom stereocenters. The van der Waals surface area contributed by atoms with Crippen LogP contribution in [0.15, 0.2) is 24.3 Å². The van der Waals surface area contributed by atoms with E-state index in [0.717, 1.165) is 17.0 Å². The maximum atomic E-state index is 12.2. The summed E-state index contributed by atoms with van der Waals surface area (Å²) in [5.74, 6) is -1.89. The second-order valence-electron chi connectivity index (χ2n) is 4.51. The standard InChI is InChI=1S/C13H14F3NO4/c1-8(2)17(7-18)11(12(19)20)9-4-3-5-10(6-9)21-13(14,15)16/h3-8,11H,1-2H3,(H,19,20). The molecular weight excluding hydrogens is 291 g/mol. The normalized spacial score (nSPS) is 12.9. The van der Waals surface area contributed by atoms with E-state index in [9.17, 15) is 27.9 Å². The minimum Gasteiger partial charge on any atom is -0.479 e. The predicted octanol–water partition coefficient (Wildman–Crippen LogP) is 2.58. The number of carboxylic acids is 1. The summed E-state index contributed by atoms with van der Waals surface area (Å²) >= 11 is 0. The Balaban J connectivity index is 3.18. The molecule has 1 atom stereocenters. The van der Waals surface area contributed by atoms with E-state index in [2.05, 4.69) is 4.74 Å². The number of rotatable bonds is 6. The van der Waals surface area contributed by atoms with E-state index in [-0.39, 0.29) is 5.56 Å². The van der Waals surface area contributed by atoms with Crippen LogP contribution in [0.4, 0.5) is 13.2 Å². The van der Waals surface area contributed by atoms with Gasteiger partial charge in [0.15, 0.2) is 6.04 Å². The number of carbonyl (C=O) groups is 2. The fraction of sp³-hybridized carbons (Fsp3) is 0.385.